The molecule has 60 heavy (non-hydrogen) atoms. The van der Waals surface area contributed by atoms with Crippen LogP contribution < -0.4 is 15.8 Å². The van der Waals surface area contributed by atoms with Gasteiger partial charge in [0.1, 0.15) is 11.9 Å². The van der Waals surface area contributed by atoms with Crippen molar-refractivity contribution in [3.8, 4) is 5.69 Å². The smallest absolute Gasteiger partial charge is 0.282 e. The van der Waals surface area contributed by atoms with Gasteiger partial charge in [0.15, 0.2) is 0 Å². The lowest BCUT2D eigenvalue weighted by Gasteiger charge is -2.36. The number of aromatic nitrogens is 2. The summed E-state index contributed by atoms with van der Waals surface area (Å²) in [5.41, 5.74) is 5.34. The van der Waals surface area contributed by atoms with E-state index >= 15 is 0 Å². The van der Waals surface area contributed by atoms with Crippen molar-refractivity contribution in [2.75, 3.05) is 57.3 Å². The molecule has 13 heteroatoms. The number of amides is 4. The third kappa shape index (κ3) is 5.99. The Hall–Kier alpha value is -4.91. The number of imide groups is 2. The third-order valence-corrected chi connectivity index (χ3v) is 15.6. The van der Waals surface area contributed by atoms with E-state index in [-0.39, 0.29) is 29.7 Å². The number of likely N-dealkylation sites (tertiary alicyclic amines) is 2. The fourth-order valence-corrected chi connectivity index (χ4v) is 12.2. The van der Waals surface area contributed by atoms with Crippen LogP contribution in [-0.4, -0.2) is 106 Å². The highest BCUT2D eigenvalue weighted by molar-refractivity contribution is 6.35. The van der Waals surface area contributed by atoms with Crippen molar-refractivity contribution in [2.45, 2.75) is 69.7 Å². The summed E-state index contributed by atoms with van der Waals surface area (Å²) in [6.07, 6.45) is 4.61. The van der Waals surface area contributed by atoms with E-state index in [1.165, 1.54) is 30.8 Å². The Morgan fingerprint density at radius 2 is 1.55 bits per heavy atom. The molecule has 2 unspecified atom stereocenters. The van der Waals surface area contributed by atoms with Gasteiger partial charge in [0, 0.05) is 45.7 Å². The summed E-state index contributed by atoms with van der Waals surface area (Å²) in [6.45, 7) is 12.9. The summed E-state index contributed by atoms with van der Waals surface area (Å²) in [7, 11) is 0. The van der Waals surface area contributed by atoms with Crippen LogP contribution in [-0.2, 0) is 15.0 Å². The number of halogens is 1. The van der Waals surface area contributed by atoms with E-state index in [0.29, 0.717) is 33.4 Å². The number of hydrogen-bond acceptors (Lipinski definition) is 9. The largest absolute Gasteiger partial charge is 0.371 e. The first kappa shape index (κ1) is 38.0. The second-order valence-electron chi connectivity index (χ2n) is 19.0. The zero-order chi connectivity index (χ0) is 41.2. The van der Waals surface area contributed by atoms with Crippen LogP contribution in [0.4, 0.5) is 5.69 Å². The zero-order valence-corrected chi connectivity index (χ0v) is 34.9. The van der Waals surface area contributed by atoms with Crippen LogP contribution in [0.5, 0.6) is 0 Å². The lowest BCUT2D eigenvalue weighted by atomic mass is 9.83. The first-order valence-electron chi connectivity index (χ1n) is 21.9. The van der Waals surface area contributed by atoms with Crippen LogP contribution >= 0.6 is 11.6 Å². The van der Waals surface area contributed by atoms with Gasteiger partial charge in [0.25, 0.3) is 17.4 Å². The molecule has 7 heterocycles. The van der Waals surface area contributed by atoms with Gasteiger partial charge in [-0.2, -0.15) is 4.98 Å². The van der Waals surface area contributed by atoms with E-state index in [1.54, 1.807) is 12.1 Å². The zero-order valence-electron chi connectivity index (χ0n) is 34.2. The standard InChI is InChI=1S/C47H50ClN7O5/c1-47(2)33-10-9-28(21-38(33)54-36-8-4-6-34(48)41(36)43(58)50-46(47)54)27-15-17-51(18-16-27)23-30-31-24-52(25-32(30)31)22-26-13-19-53(20-14-26)35-7-3-5-29-40(35)45(60)55(44(29)59)37-11-12-39(56)49-42(37)57/h3-10,21,26-27,30-32,37H,11-20,22-25H2,1-2H3,(H,49,56,57)/t30?,31-,32+,37?. The SMILES string of the molecule is CC1(C)c2ccc(C3CCN(CC4[C@H]5CN(CC6CCN(c7cccc8c7C(=O)N(C7CCC(=O)NC7=O)C8=O)CC6)C[C@@H]45)CC3)cc2-n2c1nc(=O)c1c(Cl)cccc12. The first-order chi connectivity index (χ1) is 29.0. The van der Waals surface area contributed by atoms with Gasteiger partial charge in [-0.1, -0.05) is 35.9 Å². The number of benzene rings is 3. The third-order valence-electron chi connectivity index (χ3n) is 15.3. The van der Waals surface area contributed by atoms with Gasteiger partial charge in [-0.3, -0.25) is 38.8 Å². The fraction of sp³-hybridized carbons (Fsp3) is 0.489. The summed E-state index contributed by atoms with van der Waals surface area (Å²) < 4.78 is 2.17. The minimum absolute atomic E-state index is 0.107. The highest BCUT2D eigenvalue weighted by atomic mass is 35.5. The second kappa shape index (κ2) is 14.1. The molecule has 5 fully saturated rings. The summed E-state index contributed by atoms with van der Waals surface area (Å²) in [5.74, 6) is 2.42. The summed E-state index contributed by atoms with van der Waals surface area (Å²) in [4.78, 5) is 77.7. The summed E-state index contributed by atoms with van der Waals surface area (Å²) in [5, 5.41) is 3.21. The van der Waals surface area contributed by atoms with E-state index < -0.39 is 23.8 Å². The lowest BCUT2D eigenvalue weighted by Crippen LogP contribution is -2.54. The number of nitrogens with one attached hydrogen (secondary N) is 1. The number of hydrogen-bond donors (Lipinski definition) is 1. The molecular weight excluding hydrogens is 778 g/mol. The molecule has 0 spiro atoms. The maximum atomic E-state index is 13.7. The molecule has 12 nitrogen and oxygen atoms in total. The van der Waals surface area contributed by atoms with Gasteiger partial charge < -0.3 is 14.7 Å². The van der Waals surface area contributed by atoms with Crippen LogP contribution in [0.1, 0.15) is 96.0 Å². The number of rotatable bonds is 7. The van der Waals surface area contributed by atoms with Crippen molar-refractivity contribution in [1.82, 2.24) is 29.6 Å². The maximum Gasteiger partial charge on any atom is 0.282 e. The molecule has 1 aromatic heterocycles. The molecule has 310 valence electrons. The van der Waals surface area contributed by atoms with Gasteiger partial charge in [0.2, 0.25) is 11.8 Å². The number of piperidine rings is 4. The van der Waals surface area contributed by atoms with Crippen molar-refractivity contribution in [3.05, 3.63) is 98.1 Å². The molecule has 11 rings (SSSR count). The van der Waals surface area contributed by atoms with E-state index in [0.717, 1.165) is 104 Å². The van der Waals surface area contributed by atoms with Crippen LogP contribution in [0.25, 0.3) is 16.6 Å². The lowest BCUT2D eigenvalue weighted by molar-refractivity contribution is -0.136. The Bertz CT molecular complexity index is 2560. The molecule has 1 saturated carbocycles. The first-order valence-corrected chi connectivity index (χ1v) is 22.2. The predicted octanol–water partition coefficient (Wildman–Crippen LogP) is 5.35. The van der Waals surface area contributed by atoms with Gasteiger partial charge in [0.05, 0.1) is 43.8 Å². The molecule has 4 aromatic rings. The Morgan fingerprint density at radius 3 is 2.30 bits per heavy atom. The minimum Gasteiger partial charge on any atom is -0.371 e. The molecule has 1 N–H and O–H groups in total. The molecule has 0 radical (unpaired) electrons. The summed E-state index contributed by atoms with van der Waals surface area (Å²) >= 11 is 6.52. The Morgan fingerprint density at radius 1 is 0.800 bits per heavy atom. The van der Waals surface area contributed by atoms with Crippen molar-refractivity contribution in [3.63, 3.8) is 0 Å². The van der Waals surface area contributed by atoms with Gasteiger partial charge in [-0.05, 0) is 130 Å². The molecule has 4 atom stereocenters. The van der Waals surface area contributed by atoms with E-state index in [2.05, 4.69) is 61.6 Å². The average molecular weight is 828 g/mol. The monoisotopic (exact) mass is 827 g/mol. The van der Waals surface area contributed by atoms with Crippen LogP contribution in [0, 0.1) is 23.7 Å². The molecular formula is C47H50ClN7O5. The Kier molecular flexibility index (Phi) is 8.92. The molecule has 6 aliphatic heterocycles. The minimum atomic E-state index is -0.960. The molecule has 4 amide bonds. The fourth-order valence-electron chi connectivity index (χ4n) is 11.9. The molecule has 3 aromatic carbocycles. The topological polar surface area (TPSA) is 128 Å². The van der Waals surface area contributed by atoms with E-state index in [9.17, 15) is 24.0 Å². The van der Waals surface area contributed by atoms with Gasteiger partial charge >= 0.3 is 0 Å². The Labute approximate surface area is 353 Å². The van der Waals surface area contributed by atoms with E-state index in [4.69, 9.17) is 11.6 Å². The molecule has 7 aliphatic rings. The molecule has 0 bridgehead atoms. The second-order valence-corrected chi connectivity index (χ2v) is 19.4. The van der Waals surface area contributed by atoms with Crippen molar-refractivity contribution >= 4 is 51.8 Å². The van der Waals surface area contributed by atoms with Gasteiger partial charge in [-0.25, -0.2) is 0 Å². The van der Waals surface area contributed by atoms with E-state index in [1.807, 2.05) is 24.3 Å². The highest BCUT2D eigenvalue weighted by Gasteiger charge is 2.56. The van der Waals surface area contributed by atoms with Crippen LogP contribution in [0.15, 0.2) is 59.4 Å². The van der Waals surface area contributed by atoms with Gasteiger partial charge in [-0.15, -0.1) is 0 Å². The molecule has 4 saturated heterocycles. The predicted molar refractivity (Wildman–Crippen MR) is 228 cm³/mol. The summed E-state index contributed by atoms with van der Waals surface area (Å²) in [6, 6.07) is 17.0. The number of nitrogens with zero attached hydrogens (tertiary/aromatic N) is 6. The number of carbonyl (C=O) groups is 4. The Balaban J connectivity index is 0.667. The quantitative estimate of drug-likeness (QED) is 0.245. The van der Waals surface area contributed by atoms with Crippen LogP contribution in [0.2, 0.25) is 5.02 Å². The normalized spacial score (nSPS) is 26.7. The maximum absolute atomic E-state index is 13.7. The number of fused-ring (bicyclic) bond motifs is 7. The molecule has 1 aliphatic carbocycles. The van der Waals surface area contributed by atoms with Crippen LogP contribution in [0.3, 0.4) is 0 Å². The van der Waals surface area contributed by atoms with Crippen molar-refractivity contribution in [1.29, 1.82) is 0 Å². The van der Waals surface area contributed by atoms with Crippen molar-refractivity contribution < 1.29 is 19.2 Å². The highest BCUT2D eigenvalue weighted by Crippen LogP contribution is 2.53. The number of anilines is 1. The van der Waals surface area contributed by atoms with Crippen molar-refractivity contribution in [2.24, 2.45) is 23.7 Å². The average Bonchev–Trinajstić information content (AvgIpc) is 3.45. The number of carbonyl (C=O) groups excluding carboxylic acids is 4.